The average Bonchev–Trinajstić information content (AvgIpc) is 2.39. The molecule has 1 aromatic rings. The van der Waals surface area contributed by atoms with Crippen molar-refractivity contribution in [3.05, 3.63) is 29.8 Å². The molecule has 0 atom stereocenters. The Kier molecular flexibility index (Phi) is 4.66. The van der Waals surface area contributed by atoms with Crippen molar-refractivity contribution in [2.75, 3.05) is 32.7 Å². The molecule has 98 valence electrons. The monoisotopic (exact) mass is 264 g/mol. The fourth-order valence-corrected chi connectivity index (χ4v) is 2.54. The number of carbonyl (C=O) groups is 1. The van der Waals surface area contributed by atoms with Crippen molar-refractivity contribution >= 4 is 18.5 Å². The van der Waals surface area contributed by atoms with E-state index < -0.39 is 0 Å². The highest BCUT2D eigenvalue weighted by Crippen LogP contribution is 2.13. The van der Waals surface area contributed by atoms with E-state index in [0.29, 0.717) is 0 Å². The summed E-state index contributed by atoms with van der Waals surface area (Å²) in [5.74, 6) is 0.127. The van der Waals surface area contributed by atoms with E-state index in [-0.39, 0.29) is 5.91 Å². The third-order valence-electron chi connectivity index (χ3n) is 3.29. The molecule has 0 N–H and O–H groups in total. The van der Waals surface area contributed by atoms with Crippen LogP contribution in [0.25, 0.3) is 0 Å². The van der Waals surface area contributed by atoms with Crippen molar-refractivity contribution < 1.29 is 4.79 Å². The lowest BCUT2D eigenvalue weighted by Gasteiger charge is -2.34. The third-order valence-corrected chi connectivity index (χ3v) is 3.57. The first-order valence-corrected chi connectivity index (χ1v) is 6.96. The average molecular weight is 264 g/mol. The molecule has 18 heavy (non-hydrogen) atoms. The maximum atomic E-state index is 12.3. The summed E-state index contributed by atoms with van der Waals surface area (Å²) in [5, 5.41) is 0. The minimum Gasteiger partial charge on any atom is -0.336 e. The summed E-state index contributed by atoms with van der Waals surface area (Å²) in [4.78, 5) is 17.5. The van der Waals surface area contributed by atoms with Crippen molar-refractivity contribution in [3.8, 4) is 0 Å². The van der Waals surface area contributed by atoms with Gasteiger partial charge < -0.3 is 4.90 Å². The molecule has 2 rings (SSSR count). The summed E-state index contributed by atoms with van der Waals surface area (Å²) >= 11 is 4.28. The molecule has 1 heterocycles. The Labute approximate surface area is 114 Å². The second-order valence-corrected chi connectivity index (χ2v) is 5.20. The van der Waals surface area contributed by atoms with Crippen molar-refractivity contribution in [2.24, 2.45) is 0 Å². The van der Waals surface area contributed by atoms with Gasteiger partial charge in [0.25, 0.3) is 5.91 Å². The molecule has 0 radical (unpaired) electrons. The fourth-order valence-electron chi connectivity index (χ4n) is 2.31. The first kappa shape index (κ1) is 13.4. The van der Waals surface area contributed by atoms with Crippen LogP contribution in [-0.4, -0.2) is 48.4 Å². The lowest BCUT2D eigenvalue weighted by molar-refractivity contribution is 0.0637. The SMILES string of the molecule is CCCN1CCN(C(=O)c2cccc(S)c2)CC1. The Morgan fingerprint density at radius 2 is 2.00 bits per heavy atom. The molecule has 0 aromatic heterocycles. The van der Waals surface area contributed by atoms with Crippen molar-refractivity contribution in [1.29, 1.82) is 0 Å². The van der Waals surface area contributed by atoms with Gasteiger partial charge in [-0.05, 0) is 31.2 Å². The number of nitrogens with zero attached hydrogens (tertiary/aromatic N) is 2. The van der Waals surface area contributed by atoms with Crippen LogP contribution in [0.2, 0.25) is 0 Å². The number of rotatable bonds is 3. The van der Waals surface area contributed by atoms with Gasteiger partial charge in [-0.1, -0.05) is 13.0 Å². The van der Waals surface area contributed by atoms with Crippen LogP contribution in [0.3, 0.4) is 0 Å². The van der Waals surface area contributed by atoms with E-state index in [1.54, 1.807) is 0 Å². The Bertz CT molecular complexity index is 414. The largest absolute Gasteiger partial charge is 0.336 e. The molecular formula is C14H20N2OS. The number of carbonyl (C=O) groups excluding carboxylic acids is 1. The highest BCUT2D eigenvalue weighted by molar-refractivity contribution is 7.80. The van der Waals surface area contributed by atoms with E-state index in [1.807, 2.05) is 29.2 Å². The van der Waals surface area contributed by atoms with Crippen LogP contribution < -0.4 is 0 Å². The summed E-state index contributed by atoms with van der Waals surface area (Å²) in [6, 6.07) is 7.46. The molecule has 0 bridgehead atoms. The maximum Gasteiger partial charge on any atom is 0.253 e. The molecule has 0 spiro atoms. The van der Waals surface area contributed by atoms with Gasteiger partial charge in [0, 0.05) is 36.6 Å². The smallest absolute Gasteiger partial charge is 0.253 e. The van der Waals surface area contributed by atoms with E-state index in [4.69, 9.17) is 0 Å². The maximum absolute atomic E-state index is 12.3. The van der Waals surface area contributed by atoms with Gasteiger partial charge in [0.1, 0.15) is 0 Å². The van der Waals surface area contributed by atoms with Crippen LogP contribution in [0, 0.1) is 0 Å². The van der Waals surface area contributed by atoms with Gasteiger partial charge in [0.15, 0.2) is 0 Å². The van der Waals surface area contributed by atoms with Gasteiger partial charge in [-0.3, -0.25) is 9.69 Å². The lowest BCUT2D eigenvalue weighted by Crippen LogP contribution is -2.48. The quantitative estimate of drug-likeness (QED) is 0.846. The van der Waals surface area contributed by atoms with E-state index in [1.165, 1.54) is 6.42 Å². The molecule has 1 aliphatic heterocycles. The first-order chi connectivity index (χ1) is 8.70. The zero-order valence-electron chi connectivity index (χ0n) is 10.8. The van der Waals surface area contributed by atoms with Gasteiger partial charge >= 0.3 is 0 Å². The van der Waals surface area contributed by atoms with Crippen molar-refractivity contribution in [3.63, 3.8) is 0 Å². The number of benzene rings is 1. The molecular weight excluding hydrogens is 244 g/mol. The minimum absolute atomic E-state index is 0.127. The Morgan fingerprint density at radius 1 is 1.28 bits per heavy atom. The fraction of sp³-hybridized carbons (Fsp3) is 0.500. The molecule has 1 saturated heterocycles. The molecule has 4 heteroatoms. The molecule has 1 amide bonds. The van der Waals surface area contributed by atoms with Crippen molar-refractivity contribution in [1.82, 2.24) is 9.80 Å². The molecule has 0 aliphatic carbocycles. The summed E-state index contributed by atoms with van der Waals surface area (Å²) in [6.45, 7) is 6.95. The summed E-state index contributed by atoms with van der Waals surface area (Å²) < 4.78 is 0. The van der Waals surface area contributed by atoms with Crippen LogP contribution in [-0.2, 0) is 0 Å². The second-order valence-electron chi connectivity index (χ2n) is 4.68. The Morgan fingerprint density at radius 3 is 2.61 bits per heavy atom. The normalized spacial score (nSPS) is 16.9. The molecule has 0 saturated carbocycles. The lowest BCUT2D eigenvalue weighted by atomic mass is 10.2. The Balaban J connectivity index is 1.95. The third kappa shape index (κ3) is 3.27. The van der Waals surface area contributed by atoms with Gasteiger partial charge in [-0.15, -0.1) is 12.6 Å². The van der Waals surface area contributed by atoms with E-state index in [0.717, 1.165) is 43.2 Å². The Hall–Kier alpha value is -1.00. The molecule has 0 unspecified atom stereocenters. The van der Waals surface area contributed by atoms with E-state index in [2.05, 4.69) is 24.5 Å². The van der Waals surface area contributed by atoms with Crippen molar-refractivity contribution in [2.45, 2.75) is 18.2 Å². The number of thiol groups is 1. The zero-order chi connectivity index (χ0) is 13.0. The highest BCUT2D eigenvalue weighted by atomic mass is 32.1. The molecule has 1 fully saturated rings. The van der Waals surface area contributed by atoms with E-state index in [9.17, 15) is 4.79 Å². The van der Waals surface area contributed by atoms with Gasteiger partial charge in [-0.2, -0.15) is 0 Å². The topological polar surface area (TPSA) is 23.6 Å². The zero-order valence-corrected chi connectivity index (χ0v) is 11.7. The molecule has 3 nitrogen and oxygen atoms in total. The number of amides is 1. The standard InChI is InChI=1S/C14H20N2OS/c1-2-6-15-7-9-16(10-8-15)14(17)12-4-3-5-13(18)11-12/h3-5,11,18H,2,6-10H2,1H3. The first-order valence-electron chi connectivity index (χ1n) is 6.51. The summed E-state index contributed by atoms with van der Waals surface area (Å²) in [5.41, 5.74) is 0.742. The second kappa shape index (κ2) is 6.25. The van der Waals surface area contributed by atoms with Crippen LogP contribution in [0.1, 0.15) is 23.7 Å². The van der Waals surface area contributed by atoms with Gasteiger partial charge in [0.2, 0.25) is 0 Å². The van der Waals surface area contributed by atoms with E-state index >= 15 is 0 Å². The van der Waals surface area contributed by atoms with Crippen LogP contribution in [0.15, 0.2) is 29.2 Å². The highest BCUT2D eigenvalue weighted by Gasteiger charge is 2.21. The minimum atomic E-state index is 0.127. The number of hydrogen-bond acceptors (Lipinski definition) is 3. The number of hydrogen-bond donors (Lipinski definition) is 1. The summed E-state index contributed by atoms with van der Waals surface area (Å²) in [7, 11) is 0. The predicted octanol–water partition coefficient (Wildman–Crippen LogP) is 2.14. The van der Waals surface area contributed by atoms with Gasteiger partial charge in [-0.25, -0.2) is 0 Å². The predicted molar refractivity (Wildman–Crippen MR) is 76.3 cm³/mol. The number of piperazine rings is 1. The van der Waals surface area contributed by atoms with Gasteiger partial charge in [0.05, 0.1) is 0 Å². The van der Waals surface area contributed by atoms with Crippen LogP contribution in [0.4, 0.5) is 0 Å². The molecule has 1 aliphatic rings. The summed E-state index contributed by atoms with van der Waals surface area (Å²) in [6.07, 6.45) is 1.18. The van der Waals surface area contributed by atoms with Crippen LogP contribution in [0.5, 0.6) is 0 Å². The van der Waals surface area contributed by atoms with Crippen LogP contribution >= 0.6 is 12.6 Å². The molecule has 1 aromatic carbocycles.